The normalized spacial score (nSPS) is 16.0. The van der Waals surface area contributed by atoms with Crippen molar-refractivity contribution in [2.75, 3.05) is 11.9 Å². The summed E-state index contributed by atoms with van der Waals surface area (Å²) in [6, 6.07) is 23.2. The summed E-state index contributed by atoms with van der Waals surface area (Å²) in [7, 11) is 0. The largest absolute Gasteiger partial charge is 0.324 e. The minimum absolute atomic E-state index is 0.0104. The Labute approximate surface area is 178 Å². The number of carbonyl (C=O) groups is 2. The number of fused-ring (bicyclic) bond motifs is 1. The molecule has 0 saturated heterocycles. The summed E-state index contributed by atoms with van der Waals surface area (Å²) in [5.41, 5.74) is 4.66. The lowest BCUT2D eigenvalue weighted by Crippen LogP contribution is -2.39. The zero-order valence-electron chi connectivity index (χ0n) is 16.1. The van der Waals surface area contributed by atoms with Crippen LogP contribution in [0.15, 0.2) is 77.3 Å². The molecule has 0 fully saturated rings. The summed E-state index contributed by atoms with van der Waals surface area (Å²) in [5, 5.41) is 2.95. The number of aryl methyl sites for hydroxylation is 1. The molecule has 5 heteroatoms. The Hall–Kier alpha value is -2.92. The Morgan fingerprint density at radius 2 is 1.86 bits per heavy atom. The molecule has 0 aromatic heterocycles. The Kier molecular flexibility index (Phi) is 5.49. The highest BCUT2D eigenvalue weighted by Crippen LogP contribution is 2.37. The van der Waals surface area contributed by atoms with Gasteiger partial charge in [0, 0.05) is 15.7 Å². The smallest absolute Gasteiger partial charge is 0.244 e. The van der Waals surface area contributed by atoms with Crippen molar-refractivity contribution in [2.24, 2.45) is 0 Å². The fourth-order valence-corrected chi connectivity index (χ4v) is 4.18. The van der Waals surface area contributed by atoms with Gasteiger partial charge in [0.15, 0.2) is 0 Å². The summed E-state index contributed by atoms with van der Waals surface area (Å²) in [6.45, 7) is 2.02. The van der Waals surface area contributed by atoms with Gasteiger partial charge in [0.1, 0.15) is 6.54 Å². The zero-order valence-corrected chi connectivity index (χ0v) is 17.6. The van der Waals surface area contributed by atoms with Crippen molar-refractivity contribution in [3.8, 4) is 0 Å². The zero-order chi connectivity index (χ0) is 20.4. The van der Waals surface area contributed by atoms with Gasteiger partial charge in [-0.05, 0) is 36.2 Å². The first-order chi connectivity index (χ1) is 14.0. The van der Waals surface area contributed by atoms with Crippen LogP contribution < -0.4 is 5.32 Å². The first-order valence-electron chi connectivity index (χ1n) is 9.50. The third-order valence-electron chi connectivity index (χ3n) is 5.08. The molecule has 1 N–H and O–H groups in total. The molecule has 3 aromatic carbocycles. The van der Waals surface area contributed by atoms with Crippen LogP contribution in [0.1, 0.15) is 28.3 Å². The number of amides is 2. The summed E-state index contributed by atoms with van der Waals surface area (Å²) in [6.07, 6.45) is 0.252. The molecule has 4 rings (SSSR count). The van der Waals surface area contributed by atoms with E-state index in [1.807, 2.05) is 79.7 Å². The highest BCUT2D eigenvalue weighted by molar-refractivity contribution is 9.10. The molecule has 1 aliphatic heterocycles. The molecule has 146 valence electrons. The van der Waals surface area contributed by atoms with Gasteiger partial charge in [-0.25, -0.2) is 0 Å². The monoisotopic (exact) mass is 448 g/mol. The van der Waals surface area contributed by atoms with Crippen molar-refractivity contribution < 1.29 is 9.59 Å². The van der Waals surface area contributed by atoms with Gasteiger partial charge in [-0.2, -0.15) is 0 Å². The number of hydrogen-bond acceptors (Lipinski definition) is 2. The molecule has 3 aromatic rings. The molecule has 29 heavy (non-hydrogen) atoms. The minimum atomic E-state index is -0.347. The molecule has 0 unspecified atom stereocenters. The molecule has 0 aliphatic carbocycles. The van der Waals surface area contributed by atoms with E-state index in [4.69, 9.17) is 0 Å². The fourth-order valence-electron chi connectivity index (χ4n) is 3.80. The van der Waals surface area contributed by atoms with Crippen LogP contribution in [0.4, 0.5) is 5.69 Å². The van der Waals surface area contributed by atoms with Gasteiger partial charge in [0.2, 0.25) is 11.8 Å². The van der Waals surface area contributed by atoms with Crippen molar-refractivity contribution in [2.45, 2.75) is 19.4 Å². The maximum Gasteiger partial charge on any atom is 0.244 e. The van der Waals surface area contributed by atoms with Gasteiger partial charge in [-0.15, -0.1) is 0 Å². The second-order valence-electron chi connectivity index (χ2n) is 7.28. The number of carbonyl (C=O) groups excluding carboxylic acids is 2. The van der Waals surface area contributed by atoms with E-state index in [1.54, 1.807) is 4.90 Å². The number of benzene rings is 3. The highest BCUT2D eigenvalue weighted by Gasteiger charge is 2.33. The van der Waals surface area contributed by atoms with Crippen LogP contribution in [0.5, 0.6) is 0 Å². The lowest BCUT2D eigenvalue weighted by molar-refractivity contribution is -0.135. The molecular formula is C24H21BrN2O2. The number of nitrogens with one attached hydrogen (secondary N) is 1. The Morgan fingerprint density at radius 3 is 2.62 bits per heavy atom. The fraction of sp³-hybridized carbons (Fsp3) is 0.167. The third kappa shape index (κ3) is 4.25. The maximum absolute atomic E-state index is 13.4. The van der Waals surface area contributed by atoms with E-state index in [-0.39, 0.29) is 30.8 Å². The van der Waals surface area contributed by atoms with E-state index in [0.29, 0.717) is 0 Å². The van der Waals surface area contributed by atoms with Crippen LogP contribution in [-0.2, 0) is 16.0 Å². The lowest BCUT2D eigenvalue weighted by Gasteiger charge is -2.31. The molecular weight excluding hydrogens is 428 g/mol. The van der Waals surface area contributed by atoms with Gasteiger partial charge >= 0.3 is 0 Å². The number of halogens is 1. The predicted octanol–water partition coefficient (Wildman–Crippen LogP) is 4.87. The van der Waals surface area contributed by atoms with E-state index in [9.17, 15) is 9.59 Å². The van der Waals surface area contributed by atoms with Crippen LogP contribution in [0.2, 0.25) is 0 Å². The van der Waals surface area contributed by atoms with Crippen molar-refractivity contribution >= 4 is 33.4 Å². The summed E-state index contributed by atoms with van der Waals surface area (Å²) < 4.78 is 0.902. The van der Waals surface area contributed by atoms with E-state index in [1.165, 1.54) is 0 Å². The molecule has 1 aliphatic rings. The third-order valence-corrected chi connectivity index (χ3v) is 5.57. The molecule has 1 atom stereocenters. The second kappa shape index (κ2) is 8.21. The molecule has 1 heterocycles. The van der Waals surface area contributed by atoms with Gasteiger partial charge in [0.05, 0.1) is 12.5 Å². The van der Waals surface area contributed by atoms with Gasteiger partial charge in [-0.1, -0.05) is 76.1 Å². The van der Waals surface area contributed by atoms with Crippen molar-refractivity contribution in [1.29, 1.82) is 0 Å². The molecule has 4 nitrogen and oxygen atoms in total. The van der Waals surface area contributed by atoms with Crippen LogP contribution in [0.3, 0.4) is 0 Å². The topological polar surface area (TPSA) is 49.4 Å². The quantitative estimate of drug-likeness (QED) is 0.621. The average Bonchev–Trinajstić information content (AvgIpc) is 2.84. The summed E-state index contributed by atoms with van der Waals surface area (Å²) >= 11 is 3.53. The number of nitrogens with zero attached hydrogens (tertiary/aromatic N) is 1. The SMILES string of the molecule is Cc1cccc(CC(=O)N2CC(=O)Nc3ccc(Br)cc3[C@H]2c2ccccc2)c1. The average molecular weight is 449 g/mol. The number of hydrogen-bond donors (Lipinski definition) is 1. The van der Waals surface area contributed by atoms with E-state index in [0.717, 1.165) is 32.4 Å². The standard InChI is InChI=1S/C24H21BrN2O2/c1-16-6-5-7-17(12-16)13-23(29)27-15-22(28)26-21-11-10-19(25)14-20(21)24(27)18-8-3-2-4-9-18/h2-12,14,24H,13,15H2,1H3,(H,26,28)/t24-/m1/s1. The first kappa shape index (κ1) is 19.4. The van der Waals surface area contributed by atoms with Gasteiger partial charge in [0.25, 0.3) is 0 Å². The lowest BCUT2D eigenvalue weighted by atomic mass is 9.95. The molecule has 2 amide bonds. The highest BCUT2D eigenvalue weighted by atomic mass is 79.9. The predicted molar refractivity (Wildman–Crippen MR) is 118 cm³/mol. The van der Waals surface area contributed by atoms with Crippen LogP contribution in [0.25, 0.3) is 0 Å². The first-order valence-corrected chi connectivity index (χ1v) is 10.3. The minimum Gasteiger partial charge on any atom is -0.324 e. The maximum atomic E-state index is 13.4. The molecule has 0 spiro atoms. The van der Waals surface area contributed by atoms with Crippen LogP contribution >= 0.6 is 15.9 Å². The van der Waals surface area contributed by atoms with Gasteiger partial charge < -0.3 is 10.2 Å². The molecule has 0 bridgehead atoms. The van der Waals surface area contributed by atoms with Crippen molar-refractivity contribution in [1.82, 2.24) is 4.90 Å². The Bertz CT molecular complexity index is 1070. The van der Waals surface area contributed by atoms with Crippen molar-refractivity contribution in [3.63, 3.8) is 0 Å². The summed E-state index contributed by atoms with van der Waals surface area (Å²) in [4.78, 5) is 27.7. The molecule has 0 saturated carbocycles. The van der Waals surface area contributed by atoms with E-state index < -0.39 is 0 Å². The van der Waals surface area contributed by atoms with Crippen LogP contribution in [0, 0.1) is 6.92 Å². The van der Waals surface area contributed by atoms with Crippen LogP contribution in [-0.4, -0.2) is 23.3 Å². The number of rotatable bonds is 3. The van der Waals surface area contributed by atoms with E-state index >= 15 is 0 Å². The van der Waals surface area contributed by atoms with Gasteiger partial charge in [-0.3, -0.25) is 9.59 Å². The second-order valence-corrected chi connectivity index (χ2v) is 8.20. The van der Waals surface area contributed by atoms with Crippen molar-refractivity contribution in [3.05, 3.63) is 99.5 Å². The Balaban J connectivity index is 1.79. The number of anilines is 1. The molecule has 0 radical (unpaired) electrons. The summed E-state index contributed by atoms with van der Waals surface area (Å²) in [5.74, 6) is -0.267. The Morgan fingerprint density at radius 1 is 1.07 bits per heavy atom. The van der Waals surface area contributed by atoms with E-state index in [2.05, 4.69) is 21.2 Å².